The maximum Gasteiger partial charge on any atom is 0.218 e. The summed E-state index contributed by atoms with van der Waals surface area (Å²) in [6, 6.07) is 16.6. The topological polar surface area (TPSA) is 20.3 Å². The van der Waals surface area contributed by atoms with Crippen LogP contribution in [0.3, 0.4) is 0 Å². The Labute approximate surface area is 110 Å². The van der Waals surface area contributed by atoms with Crippen LogP contribution >= 0.6 is 0 Å². The van der Waals surface area contributed by atoms with E-state index in [1.807, 2.05) is 24.4 Å². The summed E-state index contributed by atoms with van der Waals surface area (Å²) in [6.07, 6.45) is 4.66. The first-order valence-electron chi connectivity index (χ1n) is 6.25. The van der Waals surface area contributed by atoms with Crippen molar-refractivity contribution in [2.24, 2.45) is 0 Å². The Morgan fingerprint density at radius 2 is 1.79 bits per heavy atom. The van der Waals surface area contributed by atoms with Gasteiger partial charge in [0.15, 0.2) is 0 Å². The minimum atomic E-state index is 0.857. The van der Waals surface area contributed by atoms with E-state index in [9.17, 15) is 4.79 Å². The third kappa shape index (κ3) is 1.34. The van der Waals surface area contributed by atoms with Crippen LogP contribution in [0.5, 0.6) is 0 Å². The number of carbonyl (C=O) groups is 1. The van der Waals surface area contributed by atoms with Gasteiger partial charge in [-0.15, -0.1) is 0 Å². The summed E-state index contributed by atoms with van der Waals surface area (Å²) in [6.45, 7) is 0. The molecule has 0 bridgehead atoms. The first-order valence-corrected chi connectivity index (χ1v) is 6.25. The normalized spacial score (nSPS) is 13.2. The molecule has 19 heavy (non-hydrogen) atoms. The number of anilines is 1. The average molecular weight is 245 g/mol. The fraction of sp³-hybridized carbons (Fsp3) is 0. The molecule has 0 N–H and O–H groups in total. The second-order valence-corrected chi connectivity index (χ2v) is 4.72. The summed E-state index contributed by atoms with van der Waals surface area (Å²) in [5, 5.41) is 4.73. The van der Waals surface area contributed by atoms with Crippen molar-refractivity contribution in [2.75, 3.05) is 4.90 Å². The first kappa shape index (κ1) is 10.3. The standard InChI is InChI=1S/C17H11NO/c19-11-18-9-8-12-5-3-7-15-14-6-2-1-4-13(14)10-16(18)17(12)15/h1-11H. The molecular formula is C17H11NO. The molecule has 0 aromatic heterocycles. The van der Waals surface area contributed by atoms with E-state index in [0.29, 0.717) is 0 Å². The van der Waals surface area contributed by atoms with Gasteiger partial charge in [-0.3, -0.25) is 9.69 Å². The molecule has 3 aromatic rings. The Morgan fingerprint density at radius 3 is 2.68 bits per heavy atom. The third-order valence-corrected chi connectivity index (χ3v) is 3.70. The summed E-state index contributed by atoms with van der Waals surface area (Å²) >= 11 is 0. The van der Waals surface area contributed by atoms with E-state index in [1.54, 1.807) is 4.90 Å². The molecule has 0 aliphatic carbocycles. The van der Waals surface area contributed by atoms with Gasteiger partial charge in [-0.2, -0.15) is 0 Å². The lowest BCUT2D eigenvalue weighted by atomic mass is 9.95. The van der Waals surface area contributed by atoms with Gasteiger partial charge in [-0.1, -0.05) is 42.5 Å². The van der Waals surface area contributed by atoms with Gasteiger partial charge in [0.1, 0.15) is 0 Å². The molecule has 4 rings (SSSR count). The highest BCUT2D eigenvalue weighted by molar-refractivity contribution is 6.18. The molecule has 0 saturated carbocycles. The summed E-state index contributed by atoms with van der Waals surface area (Å²) in [7, 11) is 0. The molecule has 1 aliphatic rings. The Kier molecular flexibility index (Phi) is 2.00. The van der Waals surface area contributed by atoms with E-state index in [2.05, 4.69) is 36.4 Å². The van der Waals surface area contributed by atoms with Gasteiger partial charge in [-0.05, 0) is 33.9 Å². The summed E-state index contributed by atoms with van der Waals surface area (Å²) < 4.78 is 0. The highest BCUT2D eigenvalue weighted by atomic mass is 16.1. The van der Waals surface area contributed by atoms with Crippen molar-refractivity contribution in [3.8, 4) is 0 Å². The van der Waals surface area contributed by atoms with Crippen LogP contribution in [0.2, 0.25) is 0 Å². The summed E-state index contributed by atoms with van der Waals surface area (Å²) in [4.78, 5) is 12.9. The Morgan fingerprint density at radius 1 is 0.947 bits per heavy atom. The van der Waals surface area contributed by atoms with E-state index in [4.69, 9.17) is 0 Å². The lowest BCUT2D eigenvalue weighted by molar-refractivity contribution is -0.106. The van der Waals surface area contributed by atoms with Crippen LogP contribution in [0.15, 0.2) is 54.7 Å². The molecule has 3 aromatic carbocycles. The molecule has 0 radical (unpaired) electrons. The highest BCUT2D eigenvalue weighted by Crippen LogP contribution is 2.38. The third-order valence-electron chi connectivity index (χ3n) is 3.70. The van der Waals surface area contributed by atoms with Crippen LogP contribution in [0.4, 0.5) is 5.69 Å². The van der Waals surface area contributed by atoms with E-state index in [1.165, 1.54) is 10.8 Å². The van der Waals surface area contributed by atoms with Crippen LogP contribution in [-0.4, -0.2) is 6.41 Å². The van der Waals surface area contributed by atoms with Crippen LogP contribution < -0.4 is 4.90 Å². The zero-order chi connectivity index (χ0) is 12.8. The predicted molar refractivity (Wildman–Crippen MR) is 79.0 cm³/mol. The molecule has 1 amide bonds. The largest absolute Gasteiger partial charge is 0.290 e. The smallest absolute Gasteiger partial charge is 0.218 e. The van der Waals surface area contributed by atoms with Crippen molar-refractivity contribution in [3.05, 3.63) is 60.3 Å². The molecule has 0 fully saturated rings. The van der Waals surface area contributed by atoms with Crippen LogP contribution in [-0.2, 0) is 4.79 Å². The number of carbonyl (C=O) groups excluding carboxylic acids is 1. The predicted octanol–water partition coefficient (Wildman–Crippen LogP) is 3.94. The Balaban J connectivity index is 2.28. The van der Waals surface area contributed by atoms with Gasteiger partial charge < -0.3 is 0 Å². The molecule has 90 valence electrons. The molecule has 0 unspecified atom stereocenters. The zero-order valence-electron chi connectivity index (χ0n) is 10.2. The maximum absolute atomic E-state index is 11.2. The van der Waals surface area contributed by atoms with Gasteiger partial charge in [0.05, 0.1) is 5.69 Å². The van der Waals surface area contributed by atoms with E-state index < -0.39 is 0 Å². The average Bonchev–Trinajstić information content (AvgIpc) is 2.48. The number of fused-ring (bicyclic) bond motifs is 2. The lowest BCUT2D eigenvalue weighted by Gasteiger charge is -2.22. The van der Waals surface area contributed by atoms with E-state index in [0.717, 1.165) is 28.4 Å². The monoisotopic (exact) mass is 245 g/mol. The molecule has 1 heterocycles. The van der Waals surface area contributed by atoms with Gasteiger partial charge >= 0.3 is 0 Å². The molecule has 2 heteroatoms. The van der Waals surface area contributed by atoms with Crippen molar-refractivity contribution < 1.29 is 4.79 Å². The highest BCUT2D eigenvalue weighted by Gasteiger charge is 2.16. The van der Waals surface area contributed by atoms with E-state index >= 15 is 0 Å². The fourth-order valence-corrected chi connectivity index (χ4v) is 2.84. The number of hydrogen-bond donors (Lipinski definition) is 0. The lowest BCUT2D eigenvalue weighted by Crippen LogP contribution is -2.15. The number of hydrogen-bond acceptors (Lipinski definition) is 1. The second kappa shape index (κ2) is 3.69. The van der Waals surface area contributed by atoms with Gasteiger partial charge in [0.25, 0.3) is 0 Å². The van der Waals surface area contributed by atoms with Crippen LogP contribution in [0, 0.1) is 0 Å². The number of benzene rings is 3. The Hall–Kier alpha value is -2.61. The van der Waals surface area contributed by atoms with Gasteiger partial charge in [-0.25, -0.2) is 0 Å². The molecule has 0 atom stereocenters. The maximum atomic E-state index is 11.2. The Bertz CT molecular complexity index is 848. The van der Waals surface area contributed by atoms with Gasteiger partial charge in [0, 0.05) is 11.6 Å². The van der Waals surface area contributed by atoms with Crippen LogP contribution in [0.25, 0.3) is 27.6 Å². The molecule has 0 saturated heterocycles. The summed E-state index contributed by atoms with van der Waals surface area (Å²) in [5.41, 5.74) is 2.12. The van der Waals surface area contributed by atoms with Crippen molar-refractivity contribution in [1.29, 1.82) is 0 Å². The zero-order valence-corrected chi connectivity index (χ0v) is 10.2. The first-order chi connectivity index (χ1) is 9.38. The quantitative estimate of drug-likeness (QED) is 0.469. The molecule has 2 nitrogen and oxygen atoms in total. The summed E-state index contributed by atoms with van der Waals surface area (Å²) in [5.74, 6) is 0. The minimum Gasteiger partial charge on any atom is -0.290 e. The van der Waals surface area contributed by atoms with Gasteiger partial charge in [0.2, 0.25) is 6.41 Å². The molecule has 1 aliphatic heterocycles. The number of amides is 1. The van der Waals surface area contributed by atoms with Crippen molar-refractivity contribution in [1.82, 2.24) is 0 Å². The van der Waals surface area contributed by atoms with Crippen molar-refractivity contribution >= 4 is 39.7 Å². The van der Waals surface area contributed by atoms with Crippen molar-refractivity contribution in [3.63, 3.8) is 0 Å². The second-order valence-electron chi connectivity index (χ2n) is 4.72. The molecular weight excluding hydrogens is 234 g/mol. The fourth-order valence-electron chi connectivity index (χ4n) is 2.84. The molecule has 0 spiro atoms. The number of rotatable bonds is 1. The minimum absolute atomic E-state index is 0.857. The van der Waals surface area contributed by atoms with Crippen LogP contribution in [0.1, 0.15) is 5.56 Å². The van der Waals surface area contributed by atoms with Crippen molar-refractivity contribution in [2.45, 2.75) is 0 Å². The number of nitrogens with zero attached hydrogens (tertiary/aromatic N) is 1. The SMILES string of the molecule is O=CN1C=Cc2cccc3c2c1cc1ccccc13. The van der Waals surface area contributed by atoms with E-state index in [-0.39, 0.29) is 0 Å².